The Morgan fingerprint density at radius 2 is 2.03 bits per heavy atom. The number of hydrogen-bond donors (Lipinski definition) is 1. The first-order valence-electron chi connectivity index (χ1n) is 10.9. The Kier molecular flexibility index (Phi) is 7.17. The fourth-order valence-corrected chi connectivity index (χ4v) is 5.16. The van der Waals surface area contributed by atoms with E-state index in [0.29, 0.717) is 24.1 Å². The first kappa shape index (κ1) is 21.1. The Morgan fingerprint density at radius 1 is 1.20 bits per heavy atom. The van der Waals surface area contributed by atoms with Crippen molar-refractivity contribution in [3.05, 3.63) is 34.8 Å². The number of amides is 2. The third kappa shape index (κ3) is 5.29. The number of methoxy groups -OCH3 is 1. The molecule has 1 saturated carbocycles. The summed E-state index contributed by atoms with van der Waals surface area (Å²) in [5, 5.41) is 13.2. The number of ether oxygens (including phenoxy) is 2. The second-order valence-corrected chi connectivity index (χ2v) is 9.05. The molecule has 2 aromatic rings. The van der Waals surface area contributed by atoms with Gasteiger partial charge in [-0.25, -0.2) is 4.79 Å². The minimum absolute atomic E-state index is 0.0673. The summed E-state index contributed by atoms with van der Waals surface area (Å²) in [7, 11) is 1.65. The van der Waals surface area contributed by atoms with Crippen molar-refractivity contribution < 1.29 is 14.3 Å². The number of rotatable bonds is 7. The zero-order chi connectivity index (χ0) is 20.8. The van der Waals surface area contributed by atoms with Gasteiger partial charge in [-0.05, 0) is 31.7 Å². The van der Waals surface area contributed by atoms with Crippen LogP contribution >= 0.6 is 11.3 Å². The van der Waals surface area contributed by atoms with Crippen molar-refractivity contribution >= 4 is 22.5 Å². The van der Waals surface area contributed by atoms with Crippen LogP contribution in [0.4, 0.5) is 9.93 Å². The van der Waals surface area contributed by atoms with E-state index in [4.69, 9.17) is 9.47 Å². The van der Waals surface area contributed by atoms with Gasteiger partial charge >= 0.3 is 6.03 Å². The quantitative estimate of drug-likeness (QED) is 0.682. The van der Waals surface area contributed by atoms with Crippen LogP contribution in [0.2, 0.25) is 0 Å². The highest BCUT2D eigenvalue weighted by Crippen LogP contribution is 2.35. The summed E-state index contributed by atoms with van der Waals surface area (Å²) in [6.45, 7) is 1.75. The van der Waals surface area contributed by atoms with E-state index >= 15 is 0 Å². The van der Waals surface area contributed by atoms with Gasteiger partial charge in [-0.15, -0.1) is 10.2 Å². The molecule has 2 heterocycles. The van der Waals surface area contributed by atoms with E-state index in [1.165, 1.54) is 43.4 Å². The zero-order valence-electron chi connectivity index (χ0n) is 17.5. The lowest BCUT2D eigenvalue weighted by Gasteiger charge is -2.26. The zero-order valence-corrected chi connectivity index (χ0v) is 18.3. The average molecular weight is 431 g/mol. The third-order valence-electron chi connectivity index (χ3n) is 5.90. The van der Waals surface area contributed by atoms with Crippen LogP contribution in [0.5, 0.6) is 5.75 Å². The Hall–Kier alpha value is -2.19. The molecule has 2 aliphatic rings. The van der Waals surface area contributed by atoms with Crippen LogP contribution in [0.3, 0.4) is 0 Å². The smallest absolute Gasteiger partial charge is 0.324 e. The van der Waals surface area contributed by atoms with Gasteiger partial charge in [0.1, 0.15) is 10.8 Å². The maximum absolute atomic E-state index is 13.1. The van der Waals surface area contributed by atoms with E-state index in [2.05, 4.69) is 15.5 Å². The van der Waals surface area contributed by atoms with Crippen molar-refractivity contribution in [2.45, 2.75) is 63.5 Å². The standard InChI is InChI=1S/C22H30N4O3S/c1-28-19-12-6-5-10-17(19)14-26(15-18-11-7-13-29-18)22(27)23-21-25-24-20(30-21)16-8-3-2-4-9-16/h5-6,10,12,16,18H,2-4,7-9,11,13-15H2,1H3,(H,23,25,27). The summed E-state index contributed by atoms with van der Waals surface area (Å²) in [4.78, 5) is 14.9. The SMILES string of the molecule is COc1ccccc1CN(CC1CCCO1)C(=O)Nc1nnc(C2CCCCC2)s1. The second kappa shape index (κ2) is 10.2. The van der Waals surface area contributed by atoms with Gasteiger partial charge in [-0.2, -0.15) is 0 Å². The Bertz CT molecular complexity index is 831. The van der Waals surface area contributed by atoms with Crippen molar-refractivity contribution in [2.24, 2.45) is 0 Å². The van der Waals surface area contributed by atoms with Crippen LogP contribution in [0, 0.1) is 0 Å². The predicted molar refractivity (Wildman–Crippen MR) is 117 cm³/mol. The molecule has 1 unspecified atom stereocenters. The van der Waals surface area contributed by atoms with Crippen LogP contribution in [-0.4, -0.2) is 47.5 Å². The van der Waals surface area contributed by atoms with Crippen LogP contribution in [-0.2, 0) is 11.3 Å². The molecule has 1 atom stereocenters. The topological polar surface area (TPSA) is 76.6 Å². The minimum atomic E-state index is -0.178. The molecule has 1 aliphatic carbocycles. The number of anilines is 1. The average Bonchev–Trinajstić information content (AvgIpc) is 3.46. The number of aromatic nitrogens is 2. The normalized spacial score (nSPS) is 19.6. The van der Waals surface area contributed by atoms with Crippen molar-refractivity contribution in [1.82, 2.24) is 15.1 Å². The van der Waals surface area contributed by atoms with Gasteiger partial charge in [-0.1, -0.05) is 48.8 Å². The van der Waals surface area contributed by atoms with Crippen molar-refractivity contribution in [3.8, 4) is 5.75 Å². The Labute approximate surface area is 181 Å². The molecule has 4 rings (SSSR count). The summed E-state index contributed by atoms with van der Waals surface area (Å²) in [5.41, 5.74) is 0.966. The Morgan fingerprint density at radius 3 is 2.80 bits per heavy atom. The monoisotopic (exact) mass is 430 g/mol. The molecular formula is C22H30N4O3S. The highest BCUT2D eigenvalue weighted by molar-refractivity contribution is 7.15. The van der Waals surface area contributed by atoms with E-state index < -0.39 is 0 Å². The molecule has 7 nitrogen and oxygen atoms in total. The molecule has 30 heavy (non-hydrogen) atoms. The molecule has 1 aromatic heterocycles. The van der Waals surface area contributed by atoms with Gasteiger partial charge in [0.05, 0.1) is 19.8 Å². The van der Waals surface area contributed by atoms with E-state index in [0.717, 1.165) is 35.8 Å². The van der Waals surface area contributed by atoms with Crippen LogP contribution in [0.15, 0.2) is 24.3 Å². The van der Waals surface area contributed by atoms with Crippen molar-refractivity contribution in [1.29, 1.82) is 0 Å². The lowest BCUT2D eigenvalue weighted by molar-refractivity contribution is 0.0817. The summed E-state index contributed by atoms with van der Waals surface area (Å²) in [5.74, 6) is 1.26. The first-order valence-corrected chi connectivity index (χ1v) is 11.7. The predicted octanol–water partition coefficient (Wildman–Crippen LogP) is 4.81. The fourth-order valence-electron chi connectivity index (χ4n) is 4.26. The summed E-state index contributed by atoms with van der Waals surface area (Å²) < 4.78 is 11.3. The number of carbonyl (C=O) groups excluding carboxylic acids is 1. The molecule has 2 fully saturated rings. The first-order chi connectivity index (χ1) is 14.7. The van der Waals surface area contributed by atoms with Gasteiger partial charge in [0.25, 0.3) is 0 Å². The molecule has 1 saturated heterocycles. The van der Waals surface area contributed by atoms with Gasteiger partial charge in [0, 0.05) is 24.6 Å². The van der Waals surface area contributed by atoms with E-state index in [1.807, 2.05) is 24.3 Å². The molecule has 8 heteroatoms. The number of hydrogen-bond acceptors (Lipinski definition) is 6. The lowest BCUT2D eigenvalue weighted by atomic mass is 9.90. The second-order valence-electron chi connectivity index (χ2n) is 8.04. The molecule has 1 N–H and O–H groups in total. The number of carbonyl (C=O) groups is 1. The number of para-hydroxylation sites is 1. The van der Waals surface area contributed by atoms with Gasteiger partial charge < -0.3 is 14.4 Å². The lowest BCUT2D eigenvalue weighted by Crippen LogP contribution is -2.39. The maximum Gasteiger partial charge on any atom is 0.324 e. The maximum atomic E-state index is 13.1. The molecule has 2 amide bonds. The van der Waals surface area contributed by atoms with Crippen molar-refractivity contribution in [2.75, 3.05) is 25.6 Å². The van der Waals surface area contributed by atoms with E-state index in [1.54, 1.807) is 12.0 Å². The molecule has 1 aliphatic heterocycles. The molecule has 162 valence electrons. The highest BCUT2D eigenvalue weighted by Gasteiger charge is 2.25. The van der Waals surface area contributed by atoms with E-state index in [-0.39, 0.29) is 12.1 Å². The number of nitrogens with zero attached hydrogens (tertiary/aromatic N) is 3. The van der Waals surface area contributed by atoms with Crippen molar-refractivity contribution in [3.63, 3.8) is 0 Å². The van der Waals surface area contributed by atoms with Gasteiger partial charge in [0.2, 0.25) is 5.13 Å². The minimum Gasteiger partial charge on any atom is -0.496 e. The molecule has 0 radical (unpaired) electrons. The molecule has 0 spiro atoms. The van der Waals surface area contributed by atoms with Gasteiger partial charge in [0.15, 0.2) is 0 Å². The van der Waals surface area contributed by atoms with Gasteiger partial charge in [-0.3, -0.25) is 5.32 Å². The Balaban J connectivity index is 1.45. The van der Waals surface area contributed by atoms with E-state index in [9.17, 15) is 4.79 Å². The summed E-state index contributed by atoms with van der Waals surface area (Å²) >= 11 is 1.51. The number of urea groups is 1. The van der Waals surface area contributed by atoms with Crippen LogP contribution in [0.1, 0.15) is 61.4 Å². The summed E-state index contributed by atoms with van der Waals surface area (Å²) in [6, 6.07) is 7.62. The number of benzene rings is 1. The number of nitrogens with one attached hydrogen (secondary N) is 1. The highest BCUT2D eigenvalue weighted by atomic mass is 32.1. The largest absolute Gasteiger partial charge is 0.496 e. The third-order valence-corrected chi connectivity index (χ3v) is 6.90. The molecular weight excluding hydrogens is 400 g/mol. The summed E-state index contributed by atoms with van der Waals surface area (Å²) in [6.07, 6.45) is 8.22. The molecule has 0 bridgehead atoms. The molecule has 1 aromatic carbocycles. The van der Waals surface area contributed by atoms with Crippen LogP contribution < -0.4 is 10.1 Å². The fraction of sp³-hybridized carbons (Fsp3) is 0.591. The van der Waals surface area contributed by atoms with Crippen LogP contribution in [0.25, 0.3) is 0 Å².